The Morgan fingerprint density at radius 2 is 2.20 bits per heavy atom. The van der Waals surface area contributed by atoms with Gasteiger partial charge in [-0.05, 0) is 49.9 Å². The van der Waals surface area contributed by atoms with Crippen molar-refractivity contribution in [2.75, 3.05) is 19.8 Å². The maximum absolute atomic E-state index is 12.1. The van der Waals surface area contributed by atoms with Gasteiger partial charge in [-0.1, -0.05) is 6.07 Å². The molecule has 1 amide bonds. The Kier molecular flexibility index (Phi) is 5.01. The summed E-state index contributed by atoms with van der Waals surface area (Å²) in [6.45, 7) is 5.31. The molecule has 0 bridgehead atoms. The first kappa shape index (κ1) is 14.9. The molecule has 1 aromatic carbocycles. The van der Waals surface area contributed by atoms with Gasteiger partial charge in [0.25, 0.3) is 0 Å². The van der Waals surface area contributed by atoms with Gasteiger partial charge in [-0.2, -0.15) is 0 Å². The number of aryl methyl sites for hydroxylation is 2. The Labute approximate surface area is 120 Å². The second-order valence-corrected chi connectivity index (χ2v) is 5.41. The van der Waals surface area contributed by atoms with E-state index in [-0.39, 0.29) is 18.6 Å². The number of carbonyl (C=O) groups is 1. The zero-order valence-electron chi connectivity index (χ0n) is 12.3. The molecular weight excluding hydrogens is 254 g/mol. The van der Waals surface area contributed by atoms with E-state index in [1.807, 2.05) is 25.1 Å². The molecule has 4 heteroatoms. The lowest BCUT2D eigenvalue weighted by Crippen LogP contribution is -2.38. The topological polar surface area (TPSA) is 49.8 Å². The number of ether oxygens (including phenoxy) is 1. The number of hydrogen-bond acceptors (Lipinski definition) is 3. The SMILES string of the molecule is Cc1ccc(OCCC(=O)N2CCC[C@H]2CO)cc1C. The van der Waals surface area contributed by atoms with Crippen LogP contribution in [-0.2, 0) is 4.79 Å². The van der Waals surface area contributed by atoms with Crippen molar-refractivity contribution in [2.24, 2.45) is 0 Å². The summed E-state index contributed by atoms with van der Waals surface area (Å²) in [7, 11) is 0. The van der Waals surface area contributed by atoms with Crippen LogP contribution < -0.4 is 4.74 Å². The van der Waals surface area contributed by atoms with E-state index in [0.717, 1.165) is 25.1 Å². The van der Waals surface area contributed by atoms with E-state index in [9.17, 15) is 9.90 Å². The molecule has 4 nitrogen and oxygen atoms in total. The smallest absolute Gasteiger partial charge is 0.226 e. The number of carbonyl (C=O) groups excluding carboxylic acids is 1. The zero-order valence-corrected chi connectivity index (χ0v) is 12.3. The lowest BCUT2D eigenvalue weighted by Gasteiger charge is -2.23. The van der Waals surface area contributed by atoms with Crippen LogP contribution in [0.2, 0.25) is 0 Å². The Morgan fingerprint density at radius 1 is 1.40 bits per heavy atom. The molecule has 0 aliphatic carbocycles. The third-order valence-electron chi connectivity index (χ3n) is 3.97. The Hall–Kier alpha value is -1.55. The molecule has 1 N–H and O–H groups in total. The summed E-state index contributed by atoms with van der Waals surface area (Å²) < 4.78 is 5.63. The van der Waals surface area contributed by atoms with Crippen LogP contribution in [0.3, 0.4) is 0 Å². The molecular formula is C16H23NO3. The van der Waals surface area contributed by atoms with Crippen molar-refractivity contribution in [3.05, 3.63) is 29.3 Å². The third kappa shape index (κ3) is 3.51. The van der Waals surface area contributed by atoms with E-state index in [2.05, 4.69) is 6.92 Å². The average Bonchev–Trinajstić information content (AvgIpc) is 2.91. The highest BCUT2D eigenvalue weighted by Crippen LogP contribution is 2.19. The number of aliphatic hydroxyl groups excluding tert-OH is 1. The number of rotatable bonds is 5. The van der Waals surface area contributed by atoms with Gasteiger partial charge in [0, 0.05) is 6.54 Å². The molecule has 0 unspecified atom stereocenters. The van der Waals surface area contributed by atoms with Crippen molar-refractivity contribution in [1.82, 2.24) is 4.90 Å². The highest BCUT2D eigenvalue weighted by Gasteiger charge is 2.27. The van der Waals surface area contributed by atoms with Crippen molar-refractivity contribution in [2.45, 2.75) is 39.2 Å². The molecule has 2 rings (SSSR count). The van der Waals surface area contributed by atoms with Gasteiger partial charge in [0.1, 0.15) is 5.75 Å². The van der Waals surface area contributed by atoms with Gasteiger partial charge in [0.2, 0.25) is 5.91 Å². The molecule has 1 saturated heterocycles. The maximum atomic E-state index is 12.1. The van der Waals surface area contributed by atoms with Crippen LogP contribution in [0.5, 0.6) is 5.75 Å². The van der Waals surface area contributed by atoms with Crippen LogP contribution in [0, 0.1) is 13.8 Å². The van der Waals surface area contributed by atoms with Gasteiger partial charge in [0.05, 0.1) is 25.7 Å². The van der Waals surface area contributed by atoms with E-state index in [4.69, 9.17) is 4.74 Å². The van der Waals surface area contributed by atoms with E-state index in [0.29, 0.717) is 13.0 Å². The Morgan fingerprint density at radius 3 is 2.90 bits per heavy atom. The van der Waals surface area contributed by atoms with Crippen LogP contribution in [0.25, 0.3) is 0 Å². The van der Waals surface area contributed by atoms with Gasteiger partial charge in [-0.3, -0.25) is 4.79 Å². The van der Waals surface area contributed by atoms with Crippen molar-refractivity contribution in [1.29, 1.82) is 0 Å². The number of aliphatic hydroxyl groups is 1. The van der Waals surface area contributed by atoms with E-state index >= 15 is 0 Å². The first-order valence-corrected chi connectivity index (χ1v) is 7.22. The van der Waals surface area contributed by atoms with Crippen LogP contribution in [0.1, 0.15) is 30.4 Å². The molecule has 110 valence electrons. The lowest BCUT2D eigenvalue weighted by atomic mass is 10.1. The Balaban J connectivity index is 1.80. The van der Waals surface area contributed by atoms with Gasteiger partial charge in [-0.15, -0.1) is 0 Å². The minimum absolute atomic E-state index is 0.00381. The van der Waals surface area contributed by atoms with Crippen molar-refractivity contribution in [3.8, 4) is 5.75 Å². The van der Waals surface area contributed by atoms with Crippen LogP contribution in [0.4, 0.5) is 0 Å². The summed E-state index contributed by atoms with van der Waals surface area (Å²) in [4.78, 5) is 13.8. The normalized spacial score (nSPS) is 18.4. The highest BCUT2D eigenvalue weighted by atomic mass is 16.5. The predicted molar refractivity (Wildman–Crippen MR) is 77.8 cm³/mol. The number of benzene rings is 1. The highest BCUT2D eigenvalue weighted by molar-refractivity contribution is 5.77. The largest absolute Gasteiger partial charge is 0.493 e. The summed E-state index contributed by atoms with van der Waals surface area (Å²) >= 11 is 0. The molecule has 20 heavy (non-hydrogen) atoms. The van der Waals surface area contributed by atoms with Crippen LogP contribution in [-0.4, -0.2) is 41.7 Å². The first-order chi connectivity index (χ1) is 9.61. The standard InChI is InChI=1S/C16H23NO3/c1-12-5-6-15(10-13(12)2)20-9-7-16(19)17-8-3-4-14(17)11-18/h5-6,10,14,18H,3-4,7-9,11H2,1-2H3/t14-/m0/s1. The molecule has 1 aromatic rings. The summed E-state index contributed by atoms with van der Waals surface area (Å²) in [5.41, 5.74) is 2.42. The number of hydrogen-bond donors (Lipinski definition) is 1. The molecule has 0 radical (unpaired) electrons. The predicted octanol–water partition coefficient (Wildman–Crippen LogP) is 2.06. The van der Waals surface area contributed by atoms with E-state index in [1.165, 1.54) is 11.1 Å². The number of amides is 1. The molecule has 0 aromatic heterocycles. The Bertz CT molecular complexity index is 473. The van der Waals surface area contributed by atoms with Crippen molar-refractivity contribution < 1.29 is 14.6 Å². The maximum Gasteiger partial charge on any atom is 0.226 e. The first-order valence-electron chi connectivity index (χ1n) is 7.22. The molecule has 1 aliphatic heterocycles. The fraction of sp³-hybridized carbons (Fsp3) is 0.562. The zero-order chi connectivity index (χ0) is 14.5. The number of nitrogens with zero attached hydrogens (tertiary/aromatic N) is 1. The minimum atomic E-state index is 0.00381. The van der Waals surface area contributed by atoms with Crippen molar-refractivity contribution >= 4 is 5.91 Å². The molecule has 1 aliphatic rings. The quantitative estimate of drug-likeness (QED) is 0.896. The molecule has 0 saturated carbocycles. The summed E-state index contributed by atoms with van der Waals surface area (Å²) in [5, 5.41) is 9.22. The van der Waals surface area contributed by atoms with Gasteiger partial charge >= 0.3 is 0 Å². The van der Waals surface area contributed by atoms with Crippen LogP contribution in [0.15, 0.2) is 18.2 Å². The fourth-order valence-corrected chi connectivity index (χ4v) is 2.56. The summed E-state index contributed by atoms with van der Waals surface area (Å²) in [6.07, 6.45) is 2.25. The second kappa shape index (κ2) is 6.75. The fourth-order valence-electron chi connectivity index (χ4n) is 2.56. The van der Waals surface area contributed by atoms with E-state index in [1.54, 1.807) is 4.90 Å². The summed E-state index contributed by atoms with van der Waals surface area (Å²) in [5.74, 6) is 0.881. The van der Waals surface area contributed by atoms with Crippen molar-refractivity contribution in [3.63, 3.8) is 0 Å². The average molecular weight is 277 g/mol. The second-order valence-electron chi connectivity index (χ2n) is 5.41. The molecule has 1 heterocycles. The van der Waals surface area contributed by atoms with Crippen LogP contribution >= 0.6 is 0 Å². The molecule has 1 atom stereocenters. The van der Waals surface area contributed by atoms with E-state index < -0.39 is 0 Å². The lowest BCUT2D eigenvalue weighted by molar-refractivity contribution is -0.133. The van der Waals surface area contributed by atoms with Gasteiger partial charge in [-0.25, -0.2) is 0 Å². The molecule has 1 fully saturated rings. The molecule has 0 spiro atoms. The van der Waals surface area contributed by atoms with Gasteiger partial charge in [0.15, 0.2) is 0 Å². The van der Waals surface area contributed by atoms with Gasteiger partial charge < -0.3 is 14.7 Å². The monoisotopic (exact) mass is 277 g/mol. The third-order valence-corrected chi connectivity index (χ3v) is 3.97. The minimum Gasteiger partial charge on any atom is -0.493 e. The number of likely N-dealkylation sites (tertiary alicyclic amines) is 1. The summed E-state index contributed by atoms with van der Waals surface area (Å²) in [6, 6.07) is 5.95.